The Hall–Kier alpha value is -2.85. The number of ether oxygens (including phenoxy) is 3. The first-order valence-electron chi connectivity index (χ1n) is 13.6. The predicted octanol–water partition coefficient (Wildman–Crippen LogP) is 4.85. The van der Waals surface area contributed by atoms with Crippen molar-refractivity contribution in [1.29, 1.82) is 0 Å². The molecule has 0 radical (unpaired) electrons. The summed E-state index contributed by atoms with van der Waals surface area (Å²) >= 11 is 8.17. The lowest BCUT2D eigenvalue weighted by Gasteiger charge is -2.25. The molecule has 0 aliphatic carbocycles. The zero-order valence-electron chi connectivity index (χ0n) is 24.8. The van der Waals surface area contributed by atoms with E-state index < -0.39 is 21.9 Å². The summed E-state index contributed by atoms with van der Waals surface area (Å²) in [7, 11) is -2.23. The molecule has 11 nitrogen and oxygen atoms in total. The number of nitrogens with zero attached hydrogens (tertiary/aromatic N) is 3. The summed E-state index contributed by atoms with van der Waals surface area (Å²) < 4.78 is 60.7. The largest absolute Gasteiger partial charge is 0.468 e. The Morgan fingerprint density at radius 2 is 1.93 bits per heavy atom. The molecular formula is C28H33ClFN3O8S3. The third kappa shape index (κ3) is 8.05. The number of thioether (sulfide) groups is 1. The van der Waals surface area contributed by atoms with E-state index in [1.54, 1.807) is 27.6 Å². The van der Waals surface area contributed by atoms with Gasteiger partial charge >= 0.3 is 21.0 Å². The Morgan fingerprint density at radius 1 is 1.23 bits per heavy atom. The number of methoxy groups -OCH3 is 1. The molecule has 3 aromatic rings. The lowest BCUT2D eigenvalue weighted by Crippen LogP contribution is -2.34. The number of hydrogen-bond acceptors (Lipinski definition) is 11. The van der Waals surface area contributed by atoms with E-state index in [-0.39, 0.29) is 38.8 Å². The molecule has 0 fully saturated rings. The molecule has 0 spiro atoms. The van der Waals surface area contributed by atoms with Gasteiger partial charge in [-0.2, -0.15) is 8.42 Å². The van der Waals surface area contributed by atoms with Gasteiger partial charge < -0.3 is 18.4 Å². The maximum atomic E-state index is 14.3. The van der Waals surface area contributed by atoms with Crippen LogP contribution in [0.5, 0.6) is 11.5 Å². The maximum Gasteiger partial charge on any atom is 0.325 e. The van der Waals surface area contributed by atoms with Crippen molar-refractivity contribution in [2.45, 2.75) is 63.3 Å². The van der Waals surface area contributed by atoms with Crippen molar-refractivity contribution in [3.63, 3.8) is 0 Å². The van der Waals surface area contributed by atoms with Crippen molar-refractivity contribution in [3.8, 4) is 11.5 Å². The Bertz CT molecular complexity index is 1770. The summed E-state index contributed by atoms with van der Waals surface area (Å²) in [5, 5.41) is 0.199. The fraction of sp³-hybridized carbons (Fsp3) is 0.464. The van der Waals surface area contributed by atoms with Crippen molar-refractivity contribution in [2.24, 2.45) is 4.99 Å². The molecule has 240 valence electrons. The predicted molar refractivity (Wildman–Crippen MR) is 166 cm³/mol. The van der Waals surface area contributed by atoms with Crippen LogP contribution in [0.2, 0.25) is 5.02 Å². The number of carbonyl (C=O) groups excluding carboxylic acids is 1. The Balaban J connectivity index is 0.000000209. The lowest BCUT2D eigenvalue weighted by atomic mass is 9.85. The van der Waals surface area contributed by atoms with Crippen LogP contribution in [0.15, 0.2) is 45.0 Å². The first kappa shape index (κ1) is 34.0. The molecule has 1 aromatic heterocycles. The Labute approximate surface area is 267 Å². The molecule has 1 unspecified atom stereocenters. The minimum Gasteiger partial charge on any atom is -0.468 e. The van der Waals surface area contributed by atoms with E-state index in [4.69, 9.17) is 25.3 Å². The van der Waals surface area contributed by atoms with Gasteiger partial charge in [-0.1, -0.05) is 11.6 Å². The zero-order chi connectivity index (χ0) is 32.2. The highest BCUT2D eigenvalue weighted by molar-refractivity contribution is 8.00. The molecule has 0 bridgehead atoms. The molecule has 2 aliphatic rings. The van der Waals surface area contributed by atoms with E-state index in [0.717, 1.165) is 53.8 Å². The minimum absolute atomic E-state index is 0.0605. The summed E-state index contributed by atoms with van der Waals surface area (Å²) in [6, 6.07) is 7.61. The molecule has 2 aromatic carbocycles. The zero-order valence-corrected chi connectivity index (χ0v) is 28.0. The van der Waals surface area contributed by atoms with Gasteiger partial charge in [-0.3, -0.25) is 14.3 Å². The maximum absolute atomic E-state index is 14.3. The lowest BCUT2D eigenvalue weighted by molar-refractivity contribution is -0.137. The number of halogens is 2. The van der Waals surface area contributed by atoms with Gasteiger partial charge in [0.25, 0.3) is 0 Å². The molecule has 0 N–H and O–H groups in total. The van der Waals surface area contributed by atoms with Crippen LogP contribution in [0.1, 0.15) is 39.2 Å². The first-order chi connectivity index (χ1) is 20.7. The summed E-state index contributed by atoms with van der Waals surface area (Å²) in [5.41, 5.74) is 0.606. The highest BCUT2D eigenvalue weighted by Gasteiger charge is 2.42. The topological polar surface area (TPSA) is 127 Å². The van der Waals surface area contributed by atoms with Gasteiger partial charge in [0.05, 0.1) is 29.6 Å². The molecule has 16 heteroatoms. The number of carbonyl (C=O) groups is 1. The third-order valence-electron chi connectivity index (χ3n) is 6.72. The van der Waals surface area contributed by atoms with Crippen molar-refractivity contribution >= 4 is 56.5 Å². The second kappa shape index (κ2) is 14.1. The van der Waals surface area contributed by atoms with E-state index >= 15 is 0 Å². The molecule has 0 saturated carbocycles. The van der Waals surface area contributed by atoms with E-state index in [1.165, 1.54) is 13.2 Å². The van der Waals surface area contributed by atoms with Gasteiger partial charge in [-0.15, -0.1) is 11.8 Å². The van der Waals surface area contributed by atoms with Crippen LogP contribution in [0, 0.1) is 5.82 Å². The summed E-state index contributed by atoms with van der Waals surface area (Å²) in [6.07, 6.45) is 2.54. The SMILES string of the molecule is CCOC1Oc2ccc(OS(C)(=O)=O)cc2C1(C)C.COC(=O)CSc1cc(N=c2sc(=O)n3n2CCCC3)c(F)cc1Cl. The van der Waals surface area contributed by atoms with Gasteiger partial charge in [0.15, 0.2) is 0 Å². The number of benzene rings is 2. The van der Waals surface area contributed by atoms with Gasteiger partial charge in [0.1, 0.15) is 23.0 Å². The average molecular weight is 690 g/mol. The van der Waals surface area contributed by atoms with Crippen molar-refractivity contribution in [2.75, 3.05) is 25.7 Å². The molecular weight excluding hydrogens is 657 g/mol. The van der Waals surface area contributed by atoms with Crippen LogP contribution >= 0.6 is 34.7 Å². The Morgan fingerprint density at radius 3 is 2.59 bits per heavy atom. The summed E-state index contributed by atoms with van der Waals surface area (Å²) in [4.78, 5) is 28.5. The summed E-state index contributed by atoms with van der Waals surface area (Å²) in [5.74, 6) is 0.0623. The van der Waals surface area contributed by atoms with Gasteiger partial charge in [0.2, 0.25) is 11.1 Å². The van der Waals surface area contributed by atoms with Crippen molar-refractivity contribution < 1.29 is 36.0 Å². The van der Waals surface area contributed by atoms with Crippen LogP contribution in [-0.4, -0.2) is 55.8 Å². The first-order valence-corrected chi connectivity index (χ1v) is 17.6. The smallest absolute Gasteiger partial charge is 0.325 e. The number of esters is 1. The standard InChI is InChI=1S/C15H15ClFN3O3S2.C13H18O5S/c1-23-13(21)8-24-12-7-11(10(17)6-9(12)16)18-14-19-4-2-3-5-20(19)15(22)25-14;1-5-16-12-13(2,3)10-8-9(18-19(4,14)15)6-7-11(10)17-12/h6-7H,2-5,8H2,1H3;6-8,12H,5H2,1-4H3. The van der Waals surface area contributed by atoms with E-state index in [9.17, 15) is 22.4 Å². The van der Waals surface area contributed by atoms with Gasteiger partial charge in [-0.25, -0.2) is 14.1 Å². The van der Waals surface area contributed by atoms with Gasteiger partial charge in [-0.05, 0) is 75.3 Å². The second-order valence-corrected chi connectivity index (χ2v) is 14.3. The fourth-order valence-corrected chi connectivity index (χ4v) is 7.00. The number of fused-ring (bicyclic) bond motifs is 2. The quantitative estimate of drug-likeness (QED) is 0.185. The Kier molecular flexibility index (Phi) is 10.9. The van der Waals surface area contributed by atoms with Crippen LogP contribution in [0.25, 0.3) is 0 Å². The number of hydrogen-bond donors (Lipinski definition) is 0. The number of aromatic nitrogens is 2. The monoisotopic (exact) mass is 689 g/mol. The molecule has 2 aliphatic heterocycles. The number of rotatable bonds is 8. The van der Waals surface area contributed by atoms with E-state index in [2.05, 4.69) is 9.73 Å². The van der Waals surface area contributed by atoms with E-state index in [1.807, 2.05) is 20.8 Å². The van der Waals surface area contributed by atoms with E-state index in [0.29, 0.717) is 35.1 Å². The van der Waals surface area contributed by atoms with Gasteiger partial charge in [0, 0.05) is 30.2 Å². The average Bonchev–Trinajstić information content (AvgIpc) is 3.41. The fourth-order valence-electron chi connectivity index (χ4n) is 4.56. The highest BCUT2D eigenvalue weighted by Crippen LogP contribution is 2.44. The molecule has 0 amide bonds. The third-order valence-corrected chi connectivity index (χ3v) is 9.53. The molecule has 5 rings (SSSR count). The van der Waals surface area contributed by atoms with Crippen molar-refractivity contribution in [1.82, 2.24) is 9.36 Å². The highest BCUT2D eigenvalue weighted by atomic mass is 35.5. The molecule has 1 atom stereocenters. The minimum atomic E-state index is -3.53. The van der Waals surface area contributed by atoms with Crippen LogP contribution in [0.4, 0.5) is 10.1 Å². The van der Waals surface area contributed by atoms with Crippen LogP contribution in [-0.2, 0) is 42.9 Å². The van der Waals surface area contributed by atoms with Crippen LogP contribution in [0.3, 0.4) is 0 Å². The second-order valence-electron chi connectivity index (χ2n) is 10.4. The molecule has 0 saturated heterocycles. The van der Waals surface area contributed by atoms with Crippen molar-refractivity contribution in [3.05, 3.63) is 61.2 Å². The molecule has 44 heavy (non-hydrogen) atoms. The van der Waals surface area contributed by atoms with Crippen LogP contribution < -0.4 is 18.6 Å². The molecule has 3 heterocycles. The summed E-state index contributed by atoms with van der Waals surface area (Å²) in [6.45, 7) is 7.76. The normalized spacial score (nSPS) is 17.2.